The van der Waals surface area contributed by atoms with Gasteiger partial charge in [0.25, 0.3) is 0 Å². The van der Waals surface area contributed by atoms with Crippen molar-refractivity contribution in [3.8, 4) is 0 Å². The first kappa shape index (κ1) is 15.9. The van der Waals surface area contributed by atoms with Gasteiger partial charge in [0.1, 0.15) is 0 Å². The monoisotopic (exact) mass is 231 g/mol. The van der Waals surface area contributed by atoms with Crippen LogP contribution in [0.1, 0.15) is 46.5 Å². The molecule has 1 atom stereocenters. The van der Waals surface area contributed by atoms with Gasteiger partial charge in [-0.15, -0.1) is 0 Å². The van der Waals surface area contributed by atoms with Gasteiger partial charge in [-0.05, 0) is 46.1 Å². The average molecular weight is 231 g/mol. The molecule has 0 radical (unpaired) electrons. The third-order valence-corrected chi connectivity index (χ3v) is 2.87. The molecular weight excluding hydrogens is 202 g/mol. The first-order valence-electron chi connectivity index (χ1n) is 6.33. The maximum atomic E-state index is 5.48. The molecule has 0 bridgehead atoms. The van der Waals surface area contributed by atoms with Crippen LogP contribution in [0.5, 0.6) is 0 Å². The number of methoxy groups -OCH3 is 2. The van der Waals surface area contributed by atoms with Gasteiger partial charge >= 0.3 is 0 Å². The molecular formula is C13H29NO2. The third-order valence-electron chi connectivity index (χ3n) is 2.87. The summed E-state index contributed by atoms with van der Waals surface area (Å²) in [5.74, 6) is 0. The minimum Gasteiger partial charge on any atom is -0.385 e. The molecule has 0 saturated carbocycles. The Hall–Kier alpha value is -0.120. The largest absolute Gasteiger partial charge is 0.385 e. The zero-order valence-electron chi connectivity index (χ0n) is 11.6. The molecule has 0 saturated heterocycles. The Morgan fingerprint density at radius 2 is 1.94 bits per heavy atom. The van der Waals surface area contributed by atoms with Crippen molar-refractivity contribution in [2.75, 3.05) is 27.4 Å². The molecule has 3 nitrogen and oxygen atoms in total. The highest BCUT2D eigenvalue weighted by Crippen LogP contribution is 2.18. The molecule has 0 spiro atoms. The smallest absolute Gasteiger partial charge is 0.0637 e. The number of ether oxygens (including phenoxy) is 2. The Morgan fingerprint density at radius 1 is 1.25 bits per heavy atom. The van der Waals surface area contributed by atoms with E-state index < -0.39 is 0 Å². The van der Waals surface area contributed by atoms with Crippen LogP contribution < -0.4 is 5.32 Å². The molecule has 0 fully saturated rings. The highest BCUT2D eigenvalue weighted by atomic mass is 16.5. The first-order chi connectivity index (χ1) is 7.55. The van der Waals surface area contributed by atoms with Crippen LogP contribution in [-0.4, -0.2) is 39.0 Å². The van der Waals surface area contributed by atoms with Gasteiger partial charge in [0.15, 0.2) is 0 Å². The standard InChI is InChI=1S/C13H29NO2/c1-6-9-14-12(8-7-10-15-4)11-13(2,3)16-5/h12,14H,6-11H2,1-5H3. The number of hydrogen-bond donors (Lipinski definition) is 1. The Labute approximate surface area is 101 Å². The highest BCUT2D eigenvalue weighted by Gasteiger charge is 2.21. The van der Waals surface area contributed by atoms with Crippen LogP contribution >= 0.6 is 0 Å². The molecule has 0 aliphatic carbocycles. The molecule has 1 unspecified atom stereocenters. The normalized spacial score (nSPS) is 14.1. The summed E-state index contributed by atoms with van der Waals surface area (Å²) in [6.07, 6.45) is 4.49. The zero-order chi connectivity index (χ0) is 12.4. The van der Waals surface area contributed by atoms with E-state index in [0.29, 0.717) is 6.04 Å². The van der Waals surface area contributed by atoms with E-state index in [1.807, 2.05) is 0 Å². The van der Waals surface area contributed by atoms with Gasteiger partial charge < -0.3 is 14.8 Å². The van der Waals surface area contributed by atoms with Crippen LogP contribution in [0.25, 0.3) is 0 Å². The van der Waals surface area contributed by atoms with Crippen molar-refractivity contribution in [2.45, 2.75) is 58.1 Å². The fraction of sp³-hybridized carbons (Fsp3) is 1.00. The van der Waals surface area contributed by atoms with Crippen LogP contribution in [-0.2, 0) is 9.47 Å². The summed E-state index contributed by atoms with van der Waals surface area (Å²) in [4.78, 5) is 0. The van der Waals surface area contributed by atoms with Crippen molar-refractivity contribution >= 4 is 0 Å². The Morgan fingerprint density at radius 3 is 2.44 bits per heavy atom. The molecule has 0 aliphatic rings. The molecule has 16 heavy (non-hydrogen) atoms. The molecule has 1 N–H and O–H groups in total. The molecule has 0 rings (SSSR count). The molecule has 98 valence electrons. The van der Waals surface area contributed by atoms with Gasteiger partial charge in [0.2, 0.25) is 0 Å². The summed E-state index contributed by atoms with van der Waals surface area (Å²) in [7, 11) is 3.54. The van der Waals surface area contributed by atoms with E-state index in [-0.39, 0.29) is 5.60 Å². The van der Waals surface area contributed by atoms with E-state index in [4.69, 9.17) is 9.47 Å². The van der Waals surface area contributed by atoms with E-state index in [0.717, 1.165) is 32.4 Å². The van der Waals surface area contributed by atoms with Crippen LogP contribution in [0.3, 0.4) is 0 Å². The first-order valence-corrected chi connectivity index (χ1v) is 6.33. The molecule has 0 aliphatic heterocycles. The fourth-order valence-electron chi connectivity index (χ4n) is 1.78. The van der Waals surface area contributed by atoms with Crippen LogP contribution in [0.15, 0.2) is 0 Å². The maximum absolute atomic E-state index is 5.48. The molecule has 0 aromatic heterocycles. The predicted octanol–water partition coefficient (Wildman–Crippen LogP) is 2.60. The Kier molecular flexibility index (Phi) is 8.90. The van der Waals surface area contributed by atoms with Gasteiger partial charge in [0, 0.05) is 26.9 Å². The molecule has 0 aromatic carbocycles. The topological polar surface area (TPSA) is 30.5 Å². The maximum Gasteiger partial charge on any atom is 0.0637 e. The summed E-state index contributed by atoms with van der Waals surface area (Å²) >= 11 is 0. The van der Waals surface area contributed by atoms with Crippen molar-refractivity contribution in [1.29, 1.82) is 0 Å². The lowest BCUT2D eigenvalue weighted by molar-refractivity contribution is 0.00572. The number of nitrogens with one attached hydrogen (secondary N) is 1. The Bertz CT molecular complexity index is 160. The van der Waals surface area contributed by atoms with E-state index in [2.05, 4.69) is 26.1 Å². The molecule has 0 amide bonds. The summed E-state index contributed by atoms with van der Waals surface area (Å²) in [6.45, 7) is 8.41. The number of hydrogen-bond acceptors (Lipinski definition) is 3. The van der Waals surface area contributed by atoms with Gasteiger partial charge in [-0.1, -0.05) is 6.92 Å². The van der Waals surface area contributed by atoms with Gasteiger partial charge in [0.05, 0.1) is 5.60 Å². The minimum atomic E-state index is -0.0432. The van der Waals surface area contributed by atoms with E-state index in [1.165, 1.54) is 6.42 Å². The van der Waals surface area contributed by atoms with Crippen molar-refractivity contribution in [1.82, 2.24) is 5.32 Å². The van der Waals surface area contributed by atoms with Gasteiger partial charge in [-0.2, -0.15) is 0 Å². The fourth-order valence-corrected chi connectivity index (χ4v) is 1.78. The van der Waals surface area contributed by atoms with Gasteiger partial charge in [-0.3, -0.25) is 0 Å². The number of rotatable bonds is 10. The summed E-state index contributed by atoms with van der Waals surface area (Å²) in [6, 6.07) is 0.532. The van der Waals surface area contributed by atoms with Crippen LogP contribution in [0.2, 0.25) is 0 Å². The lowest BCUT2D eigenvalue weighted by atomic mass is 9.95. The van der Waals surface area contributed by atoms with Crippen LogP contribution in [0.4, 0.5) is 0 Å². The minimum absolute atomic E-state index is 0.0432. The molecule has 3 heteroatoms. The van der Waals surface area contributed by atoms with E-state index in [1.54, 1.807) is 14.2 Å². The average Bonchev–Trinajstić information content (AvgIpc) is 2.25. The van der Waals surface area contributed by atoms with Crippen molar-refractivity contribution in [3.05, 3.63) is 0 Å². The SMILES string of the molecule is CCCNC(CCCOC)CC(C)(C)OC. The summed E-state index contributed by atoms with van der Waals surface area (Å²) < 4.78 is 10.6. The molecule has 0 aromatic rings. The molecule has 0 heterocycles. The van der Waals surface area contributed by atoms with Crippen molar-refractivity contribution in [2.24, 2.45) is 0 Å². The van der Waals surface area contributed by atoms with Crippen molar-refractivity contribution in [3.63, 3.8) is 0 Å². The summed E-state index contributed by atoms with van der Waals surface area (Å²) in [5, 5.41) is 3.58. The quantitative estimate of drug-likeness (QED) is 0.586. The highest BCUT2D eigenvalue weighted by molar-refractivity contribution is 4.78. The van der Waals surface area contributed by atoms with E-state index in [9.17, 15) is 0 Å². The lowest BCUT2D eigenvalue weighted by Gasteiger charge is -2.29. The second-order valence-corrected chi connectivity index (χ2v) is 4.95. The lowest BCUT2D eigenvalue weighted by Crippen LogP contribution is -2.38. The van der Waals surface area contributed by atoms with Crippen molar-refractivity contribution < 1.29 is 9.47 Å². The van der Waals surface area contributed by atoms with Crippen LogP contribution in [0, 0.1) is 0 Å². The third kappa shape index (κ3) is 8.08. The van der Waals surface area contributed by atoms with E-state index >= 15 is 0 Å². The predicted molar refractivity (Wildman–Crippen MR) is 68.9 cm³/mol. The Balaban J connectivity index is 3.98. The second kappa shape index (κ2) is 8.97. The van der Waals surface area contributed by atoms with Gasteiger partial charge in [-0.25, -0.2) is 0 Å². The zero-order valence-corrected chi connectivity index (χ0v) is 11.6. The summed E-state index contributed by atoms with van der Waals surface area (Å²) in [5.41, 5.74) is -0.0432. The second-order valence-electron chi connectivity index (χ2n) is 4.95.